The van der Waals surface area contributed by atoms with Crippen LogP contribution in [-0.2, 0) is 23.0 Å². The van der Waals surface area contributed by atoms with E-state index >= 15 is 0 Å². The van der Waals surface area contributed by atoms with Crippen LogP contribution in [0.2, 0.25) is 0 Å². The first-order valence-corrected chi connectivity index (χ1v) is 11.6. The Morgan fingerprint density at radius 1 is 1.24 bits per heavy atom. The van der Waals surface area contributed by atoms with Crippen LogP contribution < -0.4 is 4.74 Å². The van der Waals surface area contributed by atoms with Crippen LogP contribution in [0, 0.1) is 3.82 Å². The molecular weight excluding hydrogens is 407 g/mol. The van der Waals surface area contributed by atoms with Gasteiger partial charge in [0, 0.05) is 11.3 Å². The van der Waals surface area contributed by atoms with Gasteiger partial charge in [0.2, 0.25) is 0 Å². The van der Waals surface area contributed by atoms with Crippen LogP contribution in [0.1, 0.15) is 42.2 Å². The molecule has 0 saturated carbocycles. The van der Waals surface area contributed by atoms with E-state index in [9.17, 15) is 13.0 Å². The summed E-state index contributed by atoms with van der Waals surface area (Å²) in [7, 11) is 0.340. The van der Waals surface area contributed by atoms with Gasteiger partial charge in [-0.1, -0.05) is 58.7 Å². The maximum absolute atomic E-state index is 11.5. The van der Waals surface area contributed by atoms with Crippen LogP contribution >= 0.6 is 32.9 Å². The second kappa shape index (κ2) is 10.5. The summed E-state index contributed by atoms with van der Waals surface area (Å²) in [6, 6.07) is 4.83. The Hall–Kier alpha value is 0.200. The molecule has 4 nitrogen and oxygen atoms in total. The molecule has 0 spiro atoms. The van der Waals surface area contributed by atoms with E-state index in [1.165, 1.54) is 30.9 Å². The summed E-state index contributed by atoms with van der Waals surface area (Å²) in [6.07, 6.45) is 5.05. The number of aryl methyl sites for hydroxylation is 1. The molecule has 2 aromatic rings. The molecule has 0 amide bonds. The maximum atomic E-state index is 11.5. The summed E-state index contributed by atoms with van der Waals surface area (Å²) in [5.74, 6) is 0.135. The monoisotopic (exact) mass is 428 g/mol. The molecule has 0 aliphatic heterocycles. The van der Waals surface area contributed by atoms with Crippen molar-refractivity contribution in [3.8, 4) is 5.75 Å². The molecule has 0 atom stereocenters. The van der Waals surface area contributed by atoms with Crippen molar-refractivity contribution in [2.45, 2.75) is 43.9 Å². The second-order valence-corrected chi connectivity index (χ2v) is 9.74. The van der Waals surface area contributed by atoms with E-state index in [1.807, 2.05) is 0 Å². The molecule has 0 radical (unpaired) electrons. The van der Waals surface area contributed by atoms with Gasteiger partial charge in [-0.3, -0.25) is 4.55 Å². The van der Waals surface area contributed by atoms with Crippen LogP contribution in [0.3, 0.4) is 0 Å². The van der Waals surface area contributed by atoms with Crippen LogP contribution in [0.25, 0.3) is 0 Å². The number of rotatable bonds is 8. The molecule has 0 aliphatic carbocycles. The third-order valence-corrected chi connectivity index (χ3v) is 7.87. The predicted octanol–water partition coefficient (Wildman–Crippen LogP) is 4.47. The molecule has 0 saturated heterocycles. The fourth-order valence-corrected chi connectivity index (χ4v) is 6.13. The third-order valence-electron chi connectivity index (χ3n) is 3.70. The third kappa shape index (κ3) is 6.39. The molecule has 1 N–H and O–H groups in total. The van der Waals surface area contributed by atoms with Crippen molar-refractivity contribution >= 4 is 72.6 Å². The van der Waals surface area contributed by atoms with E-state index in [2.05, 4.69) is 6.92 Å². The summed E-state index contributed by atoms with van der Waals surface area (Å²) < 4.78 is 38.3. The average Bonchev–Trinajstić information content (AvgIpc) is 2.87. The van der Waals surface area contributed by atoms with Gasteiger partial charge < -0.3 is 4.74 Å². The Balaban J connectivity index is 0.00000312. The minimum absolute atomic E-state index is 0. The van der Waals surface area contributed by atoms with Gasteiger partial charge in [0.25, 0.3) is 10.1 Å². The number of benzene rings is 1. The molecule has 0 fully saturated rings. The number of methoxy groups -OCH3 is 1. The Morgan fingerprint density at radius 2 is 1.96 bits per heavy atom. The van der Waals surface area contributed by atoms with E-state index in [1.54, 1.807) is 32.8 Å². The van der Waals surface area contributed by atoms with Crippen LogP contribution in [-0.4, -0.2) is 49.6 Å². The first kappa shape index (κ1) is 23.2. The van der Waals surface area contributed by atoms with Crippen molar-refractivity contribution in [3.05, 3.63) is 38.0 Å². The van der Waals surface area contributed by atoms with Gasteiger partial charge in [-0.25, -0.2) is 0 Å². The van der Waals surface area contributed by atoms with Gasteiger partial charge in [0.1, 0.15) is 14.5 Å². The summed E-state index contributed by atoms with van der Waals surface area (Å²) >= 11 is 5.44. The molecule has 0 unspecified atom stereocenters. The topological polar surface area (TPSA) is 63.6 Å². The normalized spacial score (nSPS) is 11.2. The van der Waals surface area contributed by atoms with Gasteiger partial charge in [-0.05, 0) is 36.1 Å². The molecule has 1 aromatic heterocycles. The van der Waals surface area contributed by atoms with Crippen molar-refractivity contribution in [3.63, 3.8) is 0 Å². The molecule has 0 bridgehead atoms. The first-order valence-electron chi connectivity index (χ1n) is 7.62. The predicted molar refractivity (Wildman–Crippen MR) is 109 cm³/mol. The van der Waals surface area contributed by atoms with Crippen molar-refractivity contribution in [2.24, 2.45) is 0 Å². The number of unbranched alkanes of at least 4 members (excludes halogenated alkanes) is 2. The fraction of sp³-hybridized carbons (Fsp3) is 0.438. The summed E-state index contributed by atoms with van der Waals surface area (Å²) in [4.78, 5) is 1.07. The van der Waals surface area contributed by atoms with Crippen LogP contribution in [0.15, 0.2) is 23.1 Å². The number of hydrogen-bond donors (Lipinski definition) is 1. The Bertz CT molecular complexity index is 855. The van der Waals surface area contributed by atoms with Gasteiger partial charge in [-0.15, -0.1) is 0 Å². The SMILES string of the molecule is CCCCCc1ssc(=S)c1Cc1ccc(OC)c(S(=O)(=O)O)c1.[NaH]. The Morgan fingerprint density at radius 3 is 2.56 bits per heavy atom. The number of hydrogen-bond acceptors (Lipinski definition) is 6. The zero-order chi connectivity index (χ0) is 17.7. The van der Waals surface area contributed by atoms with Crippen LogP contribution in [0.4, 0.5) is 0 Å². The van der Waals surface area contributed by atoms with E-state index in [-0.39, 0.29) is 40.2 Å². The Kier molecular flexibility index (Phi) is 9.77. The molecule has 2 rings (SSSR count). The molecule has 1 aromatic carbocycles. The summed E-state index contributed by atoms with van der Waals surface area (Å²) in [5, 5.41) is 0. The van der Waals surface area contributed by atoms with Crippen molar-refractivity contribution in [1.29, 1.82) is 0 Å². The summed E-state index contributed by atoms with van der Waals surface area (Å²) in [6.45, 7) is 2.17. The molecule has 0 aliphatic rings. The number of ether oxygens (including phenoxy) is 1. The first-order chi connectivity index (χ1) is 11.4. The zero-order valence-electron chi connectivity index (χ0n) is 13.6. The molecule has 1 heterocycles. The van der Waals surface area contributed by atoms with Gasteiger partial charge in [-0.2, -0.15) is 8.42 Å². The zero-order valence-corrected chi connectivity index (χ0v) is 16.8. The van der Waals surface area contributed by atoms with Crippen molar-refractivity contribution in [1.82, 2.24) is 0 Å². The van der Waals surface area contributed by atoms with Gasteiger partial charge in [0.05, 0.1) is 7.11 Å². The molecule has 25 heavy (non-hydrogen) atoms. The molecule has 134 valence electrons. The fourth-order valence-electron chi connectivity index (χ4n) is 2.44. The molecular formula is C16H21NaO4S4. The standard InChI is InChI=1S/C16H20O4S4.Na.H/c1-3-4-5-6-14-12(16(21)23-22-14)9-11-7-8-13(20-2)15(10-11)24(17,18)19;;/h7-8,10H,3-6,9H2,1-2H3,(H,17,18,19);;. The average molecular weight is 429 g/mol. The van der Waals surface area contributed by atoms with Gasteiger partial charge in [0.15, 0.2) is 0 Å². The quantitative estimate of drug-likeness (QED) is 0.221. The van der Waals surface area contributed by atoms with E-state index < -0.39 is 10.1 Å². The second-order valence-electron chi connectivity index (χ2n) is 5.45. The van der Waals surface area contributed by atoms with Gasteiger partial charge >= 0.3 is 29.6 Å². The van der Waals surface area contributed by atoms with Crippen LogP contribution in [0.5, 0.6) is 5.75 Å². The van der Waals surface area contributed by atoms with E-state index in [0.717, 1.165) is 27.8 Å². The Labute approximate surface area is 183 Å². The van der Waals surface area contributed by atoms with E-state index in [4.69, 9.17) is 17.0 Å². The van der Waals surface area contributed by atoms with Crippen molar-refractivity contribution < 1.29 is 17.7 Å². The van der Waals surface area contributed by atoms with E-state index in [0.29, 0.717) is 6.42 Å². The summed E-state index contributed by atoms with van der Waals surface area (Å²) in [5.41, 5.74) is 1.89. The van der Waals surface area contributed by atoms with Crippen molar-refractivity contribution in [2.75, 3.05) is 7.11 Å². The molecule has 9 heteroatoms. The minimum atomic E-state index is -4.33.